The molecule has 0 saturated heterocycles. The molecule has 86 valence electrons. The minimum Gasteiger partial charge on any atom is -0.377 e. The predicted molar refractivity (Wildman–Crippen MR) is 62.6 cm³/mol. The largest absolute Gasteiger partial charge is 0.377 e. The monoisotopic (exact) mass is 201 g/mol. The summed E-state index contributed by atoms with van der Waals surface area (Å²) < 4.78 is 5.83. The second kappa shape index (κ2) is 9.47. The summed E-state index contributed by atoms with van der Waals surface area (Å²) in [6.45, 7) is 11.8. The van der Waals surface area contributed by atoms with Gasteiger partial charge in [0.25, 0.3) is 0 Å². The van der Waals surface area contributed by atoms with Gasteiger partial charge in [0.15, 0.2) is 0 Å². The molecule has 0 bridgehead atoms. The molecule has 0 amide bonds. The van der Waals surface area contributed by atoms with Gasteiger partial charge in [-0.1, -0.05) is 34.1 Å². The zero-order valence-corrected chi connectivity index (χ0v) is 10.3. The van der Waals surface area contributed by atoms with Crippen molar-refractivity contribution in [3.05, 3.63) is 0 Å². The predicted octanol–water partition coefficient (Wildman–Crippen LogP) is 2.83. The van der Waals surface area contributed by atoms with Gasteiger partial charge in [0.2, 0.25) is 0 Å². The van der Waals surface area contributed by atoms with Crippen molar-refractivity contribution in [3.8, 4) is 0 Å². The number of rotatable bonds is 9. The van der Waals surface area contributed by atoms with Crippen LogP contribution in [0.1, 0.15) is 47.0 Å². The molecule has 2 nitrogen and oxygen atoms in total. The Labute approximate surface area is 89.4 Å². The SMILES string of the molecule is CCCC(CNCC)OCCC(C)C. The van der Waals surface area contributed by atoms with Gasteiger partial charge in [-0.15, -0.1) is 0 Å². The topological polar surface area (TPSA) is 21.3 Å². The molecule has 0 aromatic rings. The molecule has 0 aliphatic carbocycles. The molecule has 0 aromatic carbocycles. The zero-order valence-electron chi connectivity index (χ0n) is 10.3. The van der Waals surface area contributed by atoms with Crippen molar-refractivity contribution < 1.29 is 4.74 Å². The van der Waals surface area contributed by atoms with Crippen LogP contribution >= 0.6 is 0 Å². The molecule has 1 N–H and O–H groups in total. The van der Waals surface area contributed by atoms with Crippen molar-refractivity contribution in [2.75, 3.05) is 19.7 Å². The normalized spacial score (nSPS) is 13.5. The fourth-order valence-corrected chi connectivity index (χ4v) is 1.34. The Balaban J connectivity index is 3.50. The Morgan fingerprint density at radius 1 is 1.14 bits per heavy atom. The van der Waals surface area contributed by atoms with Crippen LogP contribution in [0, 0.1) is 5.92 Å². The Bertz CT molecular complexity index is 115. The Morgan fingerprint density at radius 2 is 1.86 bits per heavy atom. The average Bonchev–Trinajstić information content (AvgIpc) is 2.13. The smallest absolute Gasteiger partial charge is 0.0699 e. The van der Waals surface area contributed by atoms with E-state index in [9.17, 15) is 0 Å². The molecule has 0 aliphatic heterocycles. The molecule has 1 unspecified atom stereocenters. The van der Waals surface area contributed by atoms with Crippen LogP contribution < -0.4 is 5.32 Å². The highest BCUT2D eigenvalue weighted by Crippen LogP contribution is 2.05. The maximum Gasteiger partial charge on any atom is 0.0699 e. The second-order valence-corrected chi connectivity index (χ2v) is 4.27. The fourth-order valence-electron chi connectivity index (χ4n) is 1.34. The highest BCUT2D eigenvalue weighted by molar-refractivity contribution is 4.60. The van der Waals surface area contributed by atoms with Gasteiger partial charge >= 0.3 is 0 Å². The van der Waals surface area contributed by atoms with Crippen LogP contribution in [0.5, 0.6) is 0 Å². The highest BCUT2D eigenvalue weighted by Gasteiger charge is 2.07. The number of likely N-dealkylation sites (N-methyl/N-ethyl adjacent to an activating group) is 1. The third-order valence-electron chi connectivity index (χ3n) is 2.28. The maximum atomic E-state index is 5.83. The summed E-state index contributed by atoms with van der Waals surface area (Å²) in [5.74, 6) is 0.747. The van der Waals surface area contributed by atoms with Gasteiger partial charge in [-0.05, 0) is 25.3 Å². The summed E-state index contributed by atoms with van der Waals surface area (Å²) in [6, 6.07) is 0. The molecule has 0 radical (unpaired) electrons. The molecule has 14 heavy (non-hydrogen) atoms. The zero-order chi connectivity index (χ0) is 10.8. The van der Waals surface area contributed by atoms with E-state index < -0.39 is 0 Å². The summed E-state index contributed by atoms with van der Waals surface area (Å²) in [4.78, 5) is 0. The van der Waals surface area contributed by atoms with E-state index in [1.54, 1.807) is 0 Å². The Morgan fingerprint density at radius 3 is 2.36 bits per heavy atom. The van der Waals surface area contributed by atoms with E-state index in [0.717, 1.165) is 25.6 Å². The van der Waals surface area contributed by atoms with Gasteiger partial charge in [-0.25, -0.2) is 0 Å². The second-order valence-electron chi connectivity index (χ2n) is 4.27. The molecule has 0 heterocycles. The first-order valence-corrected chi connectivity index (χ1v) is 6.03. The Kier molecular flexibility index (Phi) is 9.42. The molecule has 0 saturated carbocycles. The highest BCUT2D eigenvalue weighted by atomic mass is 16.5. The molecule has 0 aliphatic rings. The van der Waals surface area contributed by atoms with Crippen LogP contribution in [0.3, 0.4) is 0 Å². The van der Waals surface area contributed by atoms with E-state index in [0.29, 0.717) is 6.10 Å². The van der Waals surface area contributed by atoms with Crippen LogP contribution in [0.15, 0.2) is 0 Å². The number of ether oxygens (including phenoxy) is 1. The van der Waals surface area contributed by atoms with Crippen molar-refractivity contribution in [1.82, 2.24) is 5.32 Å². The molecule has 0 spiro atoms. The van der Waals surface area contributed by atoms with Crippen LogP contribution in [0.4, 0.5) is 0 Å². The van der Waals surface area contributed by atoms with E-state index in [1.807, 2.05) is 0 Å². The quantitative estimate of drug-likeness (QED) is 0.619. The lowest BCUT2D eigenvalue weighted by molar-refractivity contribution is 0.0410. The molecule has 0 aromatic heterocycles. The summed E-state index contributed by atoms with van der Waals surface area (Å²) in [7, 11) is 0. The first kappa shape index (κ1) is 13.9. The molecular formula is C12H27NO. The van der Waals surface area contributed by atoms with Crippen molar-refractivity contribution in [2.24, 2.45) is 5.92 Å². The van der Waals surface area contributed by atoms with Gasteiger partial charge in [0.05, 0.1) is 6.10 Å². The summed E-state index contributed by atoms with van der Waals surface area (Å²) in [5, 5.41) is 3.35. The summed E-state index contributed by atoms with van der Waals surface area (Å²) in [5.41, 5.74) is 0. The lowest BCUT2D eigenvalue weighted by Gasteiger charge is -2.18. The molecule has 1 atom stereocenters. The van der Waals surface area contributed by atoms with Crippen LogP contribution in [-0.4, -0.2) is 25.8 Å². The standard InChI is InChI=1S/C12H27NO/c1-5-7-12(10-13-6-2)14-9-8-11(3)4/h11-13H,5-10H2,1-4H3. The number of nitrogens with one attached hydrogen (secondary N) is 1. The number of hydrogen-bond acceptors (Lipinski definition) is 2. The first-order valence-electron chi connectivity index (χ1n) is 6.03. The summed E-state index contributed by atoms with van der Waals surface area (Å²) in [6.07, 6.45) is 3.97. The Hall–Kier alpha value is -0.0800. The van der Waals surface area contributed by atoms with Gasteiger partial charge < -0.3 is 10.1 Å². The van der Waals surface area contributed by atoms with Crippen molar-refractivity contribution >= 4 is 0 Å². The van der Waals surface area contributed by atoms with E-state index in [2.05, 4.69) is 33.0 Å². The molecule has 0 fully saturated rings. The molecule has 2 heteroatoms. The van der Waals surface area contributed by atoms with Crippen LogP contribution in [-0.2, 0) is 4.74 Å². The maximum absolute atomic E-state index is 5.83. The van der Waals surface area contributed by atoms with E-state index >= 15 is 0 Å². The third-order valence-corrected chi connectivity index (χ3v) is 2.28. The average molecular weight is 201 g/mol. The van der Waals surface area contributed by atoms with Gasteiger partial charge in [-0.2, -0.15) is 0 Å². The minimum absolute atomic E-state index is 0.415. The van der Waals surface area contributed by atoms with Crippen LogP contribution in [0.25, 0.3) is 0 Å². The minimum atomic E-state index is 0.415. The van der Waals surface area contributed by atoms with Gasteiger partial charge in [-0.3, -0.25) is 0 Å². The first-order chi connectivity index (χ1) is 6.70. The van der Waals surface area contributed by atoms with Gasteiger partial charge in [0.1, 0.15) is 0 Å². The summed E-state index contributed by atoms with van der Waals surface area (Å²) >= 11 is 0. The van der Waals surface area contributed by atoms with E-state index in [1.165, 1.54) is 19.3 Å². The molecular weight excluding hydrogens is 174 g/mol. The molecule has 0 rings (SSSR count). The fraction of sp³-hybridized carbons (Fsp3) is 1.00. The third kappa shape index (κ3) is 8.52. The van der Waals surface area contributed by atoms with Crippen molar-refractivity contribution in [2.45, 2.75) is 53.1 Å². The van der Waals surface area contributed by atoms with Crippen molar-refractivity contribution in [1.29, 1.82) is 0 Å². The van der Waals surface area contributed by atoms with Crippen LogP contribution in [0.2, 0.25) is 0 Å². The number of hydrogen-bond donors (Lipinski definition) is 1. The lowest BCUT2D eigenvalue weighted by atomic mass is 10.1. The van der Waals surface area contributed by atoms with Gasteiger partial charge in [0, 0.05) is 13.2 Å². The van der Waals surface area contributed by atoms with E-state index in [4.69, 9.17) is 4.74 Å². The van der Waals surface area contributed by atoms with E-state index in [-0.39, 0.29) is 0 Å². The lowest BCUT2D eigenvalue weighted by Crippen LogP contribution is -2.29. The van der Waals surface area contributed by atoms with Crippen molar-refractivity contribution in [3.63, 3.8) is 0 Å².